The van der Waals surface area contributed by atoms with Crippen molar-refractivity contribution in [2.75, 3.05) is 26.4 Å². The van der Waals surface area contributed by atoms with Gasteiger partial charge in [-0.05, 0) is 6.42 Å². The molecule has 0 saturated carbocycles. The largest absolute Gasteiger partial charge is 0.461 e. The van der Waals surface area contributed by atoms with Crippen molar-refractivity contribution in [1.29, 1.82) is 0 Å². The van der Waals surface area contributed by atoms with Crippen LogP contribution in [0.2, 0.25) is 0 Å². The highest BCUT2D eigenvalue weighted by Gasteiger charge is 2.11. The van der Waals surface area contributed by atoms with Gasteiger partial charge in [-0.25, -0.2) is 4.79 Å². The Morgan fingerprint density at radius 1 is 1.47 bits per heavy atom. The Morgan fingerprint density at radius 3 is 2.73 bits per heavy atom. The molecule has 0 aliphatic rings. The van der Waals surface area contributed by atoms with Gasteiger partial charge in [-0.2, -0.15) is 4.91 Å². The van der Waals surface area contributed by atoms with Gasteiger partial charge in [0.2, 0.25) is 0 Å². The van der Waals surface area contributed by atoms with E-state index in [1.165, 1.54) is 0 Å². The first-order valence-corrected chi connectivity index (χ1v) is 4.91. The summed E-state index contributed by atoms with van der Waals surface area (Å²) in [6.07, 6.45) is 1.93. The molecule has 0 rings (SSSR count). The molecule has 0 bridgehead atoms. The van der Waals surface area contributed by atoms with E-state index in [0.29, 0.717) is 6.61 Å². The monoisotopic (exact) mass is 219 g/mol. The normalized spacial score (nSPS) is 12.1. The van der Waals surface area contributed by atoms with Crippen LogP contribution >= 0.6 is 0 Å². The van der Waals surface area contributed by atoms with Crippen LogP contribution in [0.15, 0.2) is 5.18 Å². The molecule has 0 aliphatic heterocycles. The molecule has 0 aliphatic carbocycles. The van der Waals surface area contributed by atoms with Crippen LogP contribution < -0.4 is 0 Å². The molecule has 0 radical (unpaired) electrons. The third-order valence-corrected chi connectivity index (χ3v) is 1.67. The van der Waals surface area contributed by atoms with Crippen molar-refractivity contribution in [2.24, 2.45) is 5.18 Å². The van der Waals surface area contributed by atoms with E-state index in [1.807, 2.05) is 6.92 Å². The number of esters is 1. The minimum atomic E-state index is -0.766. The summed E-state index contributed by atoms with van der Waals surface area (Å²) in [5, 5.41) is 11.1. The van der Waals surface area contributed by atoms with Gasteiger partial charge in [0.1, 0.15) is 19.3 Å². The highest BCUT2D eigenvalue weighted by Crippen LogP contribution is 1.96. The zero-order valence-corrected chi connectivity index (χ0v) is 8.85. The van der Waals surface area contributed by atoms with Crippen molar-refractivity contribution in [1.82, 2.24) is 0 Å². The molecule has 0 aromatic heterocycles. The summed E-state index contributed by atoms with van der Waals surface area (Å²) < 4.78 is 9.68. The van der Waals surface area contributed by atoms with E-state index in [9.17, 15) is 9.70 Å². The van der Waals surface area contributed by atoms with E-state index in [1.54, 1.807) is 0 Å². The quantitative estimate of drug-likeness (QED) is 0.346. The average Bonchev–Trinajstić information content (AvgIpc) is 2.27. The van der Waals surface area contributed by atoms with Crippen molar-refractivity contribution >= 4 is 5.97 Å². The number of unbranched alkanes of at least 4 members (excludes halogenated alkanes) is 1. The molecule has 6 nitrogen and oxygen atoms in total. The van der Waals surface area contributed by atoms with Crippen molar-refractivity contribution < 1.29 is 19.4 Å². The van der Waals surface area contributed by atoms with Gasteiger partial charge < -0.3 is 14.6 Å². The lowest BCUT2D eigenvalue weighted by Gasteiger charge is -2.09. The fraction of sp³-hybridized carbons (Fsp3) is 0.889. The summed E-state index contributed by atoms with van der Waals surface area (Å²) >= 11 is 0. The molecule has 0 amide bonds. The van der Waals surface area contributed by atoms with Gasteiger partial charge in [-0.15, -0.1) is 0 Å². The van der Waals surface area contributed by atoms with E-state index in [2.05, 4.69) is 9.91 Å². The highest BCUT2D eigenvalue weighted by atomic mass is 16.5. The van der Waals surface area contributed by atoms with Crippen molar-refractivity contribution in [3.05, 3.63) is 4.91 Å². The van der Waals surface area contributed by atoms with Gasteiger partial charge in [0.25, 0.3) is 0 Å². The zero-order chi connectivity index (χ0) is 11.5. The van der Waals surface area contributed by atoms with Crippen LogP contribution in [-0.4, -0.2) is 43.5 Å². The smallest absolute Gasteiger partial charge is 0.331 e. The summed E-state index contributed by atoms with van der Waals surface area (Å²) in [4.78, 5) is 20.8. The molecule has 0 unspecified atom stereocenters. The maximum atomic E-state index is 10.6. The number of carbonyl (C=O) groups is 1. The summed E-state index contributed by atoms with van der Waals surface area (Å²) in [6, 6.07) is -0.697. The van der Waals surface area contributed by atoms with Crippen molar-refractivity contribution in [2.45, 2.75) is 25.8 Å². The predicted molar refractivity (Wildman–Crippen MR) is 53.4 cm³/mol. The van der Waals surface area contributed by atoms with E-state index in [0.717, 1.165) is 12.8 Å². The number of hydrogen-bond donors (Lipinski definition) is 1. The Balaban J connectivity index is 3.54. The number of aliphatic hydroxyl groups is 1. The third-order valence-electron chi connectivity index (χ3n) is 1.67. The van der Waals surface area contributed by atoms with E-state index >= 15 is 0 Å². The van der Waals surface area contributed by atoms with Gasteiger partial charge in [0, 0.05) is 6.61 Å². The minimum Gasteiger partial charge on any atom is -0.461 e. The highest BCUT2D eigenvalue weighted by molar-refractivity contribution is 5.70. The molecule has 6 heteroatoms. The van der Waals surface area contributed by atoms with Crippen LogP contribution in [-0.2, 0) is 14.3 Å². The second-order valence-electron chi connectivity index (χ2n) is 3.03. The van der Waals surface area contributed by atoms with Crippen LogP contribution in [0, 0.1) is 4.91 Å². The number of nitroso groups, excluding NO2 is 1. The fourth-order valence-electron chi connectivity index (χ4n) is 0.810. The molecule has 1 N–H and O–H groups in total. The van der Waals surface area contributed by atoms with Gasteiger partial charge >= 0.3 is 5.97 Å². The first-order valence-electron chi connectivity index (χ1n) is 4.91. The fourth-order valence-corrected chi connectivity index (χ4v) is 0.810. The maximum Gasteiger partial charge on any atom is 0.331 e. The molecule has 15 heavy (non-hydrogen) atoms. The SMILES string of the molecule is CCCCOC[C@@H](COC(=O)CO)N=O. The lowest BCUT2D eigenvalue weighted by Crippen LogP contribution is -2.23. The third kappa shape index (κ3) is 8.02. The number of hydrogen-bond acceptors (Lipinski definition) is 6. The lowest BCUT2D eigenvalue weighted by atomic mass is 10.3. The van der Waals surface area contributed by atoms with Crippen LogP contribution in [0.25, 0.3) is 0 Å². The first-order chi connectivity index (χ1) is 7.24. The summed E-state index contributed by atoms with van der Waals surface area (Å²) in [6.45, 7) is 1.90. The Labute approximate surface area is 88.5 Å². The van der Waals surface area contributed by atoms with E-state index in [-0.39, 0.29) is 13.2 Å². The summed E-state index contributed by atoms with van der Waals surface area (Å²) in [7, 11) is 0. The van der Waals surface area contributed by atoms with Crippen LogP contribution in [0.3, 0.4) is 0 Å². The van der Waals surface area contributed by atoms with Gasteiger partial charge in [-0.3, -0.25) is 0 Å². The first kappa shape index (κ1) is 14.0. The number of rotatable bonds is 9. The molecule has 0 fully saturated rings. The van der Waals surface area contributed by atoms with Crippen molar-refractivity contribution in [3.8, 4) is 0 Å². The number of ether oxygens (including phenoxy) is 2. The molecule has 88 valence electrons. The summed E-state index contributed by atoms with van der Waals surface area (Å²) in [5.41, 5.74) is 0. The molecule has 0 spiro atoms. The number of nitrogens with zero attached hydrogens (tertiary/aromatic N) is 1. The summed E-state index contributed by atoms with van der Waals surface area (Å²) in [5.74, 6) is -0.766. The predicted octanol–water partition coefficient (Wildman–Crippen LogP) is 0.474. The lowest BCUT2D eigenvalue weighted by molar-refractivity contribution is -0.147. The van der Waals surface area contributed by atoms with Gasteiger partial charge in [-0.1, -0.05) is 18.5 Å². The van der Waals surface area contributed by atoms with E-state index in [4.69, 9.17) is 9.84 Å². The molecule has 1 atom stereocenters. The molecular formula is C9H17NO5. The van der Waals surface area contributed by atoms with Crippen LogP contribution in [0.4, 0.5) is 0 Å². The topological polar surface area (TPSA) is 85.2 Å². The second-order valence-corrected chi connectivity index (χ2v) is 3.03. The minimum absolute atomic E-state index is 0.141. The number of aliphatic hydroxyl groups excluding tert-OH is 1. The molecule has 0 saturated heterocycles. The molecule has 0 heterocycles. The molecule has 0 aromatic rings. The second kappa shape index (κ2) is 9.54. The van der Waals surface area contributed by atoms with Gasteiger partial charge in [0.05, 0.1) is 6.61 Å². The Morgan fingerprint density at radius 2 is 2.20 bits per heavy atom. The van der Waals surface area contributed by atoms with Crippen LogP contribution in [0.1, 0.15) is 19.8 Å². The van der Waals surface area contributed by atoms with Crippen LogP contribution in [0.5, 0.6) is 0 Å². The zero-order valence-electron chi connectivity index (χ0n) is 8.85. The molecular weight excluding hydrogens is 202 g/mol. The Kier molecular flexibility index (Phi) is 8.90. The Bertz CT molecular complexity index is 185. The average molecular weight is 219 g/mol. The van der Waals surface area contributed by atoms with Crippen molar-refractivity contribution in [3.63, 3.8) is 0 Å². The maximum absolute atomic E-state index is 10.6. The molecule has 0 aromatic carbocycles. The number of carbonyl (C=O) groups excluding carboxylic acids is 1. The Hall–Kier alpha value is -1.01. The van der Waals surface area contributed by atoms with E-state index < -0.39 is 18.6 Å². The van der Waals surface area contributed by atoms with Gasteiger partial charge in [0.15, 0.2) is 0 Å². The standard InChI is InChI=1S/C9H17NO5/c1-2-3-4-14-6-8(10-13)7-15-9(12)5-11/h8,11H,2-7H2,1H3/t8-/m0/s1.